The molecule has 1 aromatic carbocycles. The molecule has 1 aliphatic rings. The van der Waals surface area contributed by atoms with Gasteiger partial charge in [-0.05, 0) is 50.6 Å². The second-order valence-corrected chi connectivity index (χ2v) is 7.50. The molecule has 29 heavy (non-hydrogen) atoms. The molecule has 2 heterocycles. The summed E-state index contributed by atoms with van der Waals surface area (Å²) in [5.74, 6) is 0.0437. The Balaban J connectivity index is 1.55. The van der Waals surface area contributed by atoms with E-state index in [1.165, 1.54) is 25.2 Å². The Morgan fingerprint density at radius 3 is 2.66 bits per heavy atom. The van der Waals surface area contributed by atoms with Crippen LogP contribution in [0.2, 0.25) is 0 Å². The summed E-state index contributed by atoms with van der Waals surface area (Å²) in [6.45, 7) is 3.16. The van der Waals surface area contributed by atoms with Crippen LogP contribution < -0.4 is 10.2 Å². The van der Waals surface area contributed by atoms with Crippen molar-refractivity contribution in [2.45, 2.75) is 39.0 Å². The van der Waals surface area contributed by atoms with Gasteiger partial charge in [-0.3, -0.25) is 9.69 Å². The number of likely N-dealkylation sites (N-methyl/N-ethyl adjacent to an activating group) is 1. The molecule has 0 bridgehead atoms. The number of nitrogens with zero attached hydrogens (tertiary/aromatic N) is 4. The molecule has 9 heteroatoms. The number of alkyl halides is 3. The standard InChI is InChI=1S/C20H26F3N5O/c1-15-11-16(27-8-3-4-9-27)5-6-17(15)25-19(29)13-26(2)12-18-24-7-10-28(18)14-20(21,22)23/h5-7,10-11H,3-4,8-9,12-14H2,1-2H3,(H,25,29). The minimum Gasteiger partial charge on any atom is -0.372 e. The van der Waals surface area contributed by atoms with Crippen LogP contribution in [0, 0.1) is 6.92 Å². The van der Waals surface area contributed by atoms with Crippen LogP contribution in [-0.4, -0.2) is 53.2 Å². The number of carbonyl (C=O) groups excluding carboxylic acids is 1. The van der Waals surface area contributed by atoms with Gasteiger partial charge in [-0.25, -0.2) is 4.98 Å². The van der Waals surface area contributed by atoms with Crippen LogP contribution in [0.1, 0.15) is 24.2 Å². The number of hydrogen-bond donors (Lipinski definition) is 1. The van der Waals surface area contributed by atoms with Gasteiger partial charge in [-0.1, -0.05) is 0 Å². The molecule has 0 radical (unpaired) electrons. The number of nitrogens with one attached hydrogen (secondary N) is 1. The molecule has 0 spiro atoms. The Kier molecular flexibility index (Phi) is 6.46. The van der Waals surface area contributed by atoms with E-state index >= 15 is 0 Å². The average Bonchev–Trinajstić information content (AvgIpc) is 3.28. The number of hydrogen-bond acceptors (Lipinski definition) is 4. The molecule has 2 aromatic rings. The smallest absolute Gasteiger partial charge is 0.372 e. The first-order valence-corrected chi connectivity index (χ1v) is 9.62. The Bertz CT molecular complexity index is 843. The number of benzene rings is 1. The van der Waals surface area contributed by atoms with E-state index < -0.39 is 12.7 Å². The fourth-order valence-corrected chi connectivity index (χ4v) is 3.52. The number of halogens is 3. The van der Waals surface area contributed by atoms with E-state index in [4.69, 9.17) is 0 Å². The number of aromatic nitrogens is 2. The van der Waals surface area contributed by atoms with E-state index in [1.54, 1.807) is 11.9 Å². The van der Waals surface area contributed by atoms with E-state index in [1.807, 2.05) is 19.1 Å². The predicted molar refractivity (Wildman–Crippen MR) is 106 cm³/mol. The molecule has 6 nitrogen and oxygen atoms in total. The molecule has 1 aliphatic heterocycles. The zero-order valence-electron chi connectivity index (χ0n) is 16.7. The van der Waals surface area contributed by atoms with Gasteiger partial charge in [0.15, 0.2) is 0 Å². The number of anilines is 2. The summed E-state index contributed by atoms with van der Waals surface area (Å²) in [6, 6.07) is 5.97. The fraction of sp³-hybridized carbons (Fsp3) is 0.500. The summed E-state index contributed by atoms with van der Waals surface area (Å²) in [5, 5.41) is 2.89. The SMILES string of the molecule is Cc1cc(N2CCCC2)ccc1NC(=O)CN(C)Cc1nccn1CC(F)(F)F. The number of aryl methyl sites for hydroxylation is 1. The lowest BCUT2D eigenvalue weighted by molar-refractivity contribution is -0.141. The number of amides is 1. The first-order valence-electron chi connectivity index (χ1n) is 9.62. The highest BCUT2D eigenvalue weighted by Gasteiger charge is 2.29. The highest BCUT2D eigenvalue weighted by atomic mass is 19.4. The van der Waals surface area contributed by atoms with Crippen molar-refractivity contribution in [2.75, 3.05) is 36.9 Å². The lowest BCUT2D eigenvalue weighted by Gasteiger charge is -2.20. The fourth-order valence-electron chi connectivity index (χ4n) is 3.52. The third kappa shape index (κ3) is 5.96. The van der Waals surface area contributed by atoms with Gasteiger partial charge in [0.2, 0.25) is 5.91 Å². The molecule has 1 aromatic heterocycles. The van der Waals surface area contributed by atoms with Gasteiger partial charge in [0.25, 0.3) is 0 Å². The maximum absolute atomic E-state index is 12.6. The Labute approximate surface area is 168 Å². The van der Waals surface area contributed by atoms with Gasteiger partial charge >= 0.3 is 6.18 Å². The number of carbonyl (C=O) groups is 1. The molecule has 0 atom stereocenters. The first-order chi connectivity index (χ1) is 13.7. The van der Waals surface area contributed by atoms with Gasteiger partial charge < -0.3 is 14.8 Å². The van der Waals surface area contributed by atoms with E-state index in [9.17, 15) is 18.0 Å². The molecular formula is C20H26F3N5O. The van der Waals surface area contributed by atoms with E-state index in [2.05, 4.69) is 21.3 Å². The Hall–Kier alpha value is -2.55. The zero-order chi connectivity index (χ0) is 21.0. The molecule has 158 valence electrons. The van der Waals surface area contributed by atoms with Crippen molar-refractivity contribution in [2.24, 2.45) is 0 Å². The molecule has 0 saturated carbocycles. The lowest BCUT2D eigenvalue weighted by atomic mass is 10.1. The highest BCUT2D eigenvalue weighted by molar-refractivity contribution is 5.93. The van der Waals surface area contributed by atoms with Crippen molar-refractivity contribution in [1.82, 2.24) is 14.5 Å². The summed E-state index contributed by atoms with van der Waals surface area (Å²) in [6.07, 6.45) is 0.711. The summed E-state index contributed by atoms with van der Waals surface area (Å²) < 4.78 is 38.9. The zero-order valence-corrected chi connectivity index (χ0v) is 16.7. The third-order valence-electron chi connectivity index (χ3n) is 4.93. The van der Waals surface area contributed by atoms with Crippen molar-refractivity contribution in [3.05, 3.63) is 42.0 Å². The minimum atomic E-state index is -4.32. The van der Waals surface area contributed by atoms with Crippen LogP contribution >= 0.6 is 0 Å². The molecule has 0 unspecified atom stereocenters. The van der Waals surface area contributed by atoms with Crippen LogP contribution in [0.25, 0.3) is 0 Å². The summed E-state index contributed by atoms with van der Waals surface area (Å²) in [7, 11) is 1.68. The first kappa shape index (κ1) is 21.2. The van der Waals surface area contributed by atoms with Crippen LogP contribution in [0.5, 0.6) is 0 Å². The quantitative estimate of drug-likeness (QED) is 0.761. The summed E-state index contributed by atoms with van der Waals surface area (Å²) in [5.41, 5.74) is 2.88. The van der Waals surface area contributed by atoms with Crippen molar-refractivity contribution < 1.29 is 18.0 Å². The van der Waals surface area contributed by atoms with Crippen molar-refractivity contribution in [3.8, 4) is 0 Å². The summed E-state index contributed by atoms with van der Waals surface area (Å²) >= 11 is 0. The monoisotopic (exact) mass is 409 g/mol. The number of rotatable bonds is 7. The molecule has 1 fully saturated rings. The average molecular weight is 409 g/mol. The maximum Gasteiger partial charge on any atom is 0.406 e. The third-order valence-corrected chi connectivity index (χ3v) is 4.93. The summed E-state index contributed by atoms with van der Waals surface area (Å²) in [4.78, 5) is 20.3. The second-order valence-electron chi connectivity index (χ2n) is 7.50. The van der Waals surface area contributed by atoms with Gasteiger partial charge in [0.05, 0.1) is 13.1 Å². The molecule has 1 amide bonds. The topological polar surface area (TPSA) is 53.4 Å². The molecule has 0 aliphatic carbocycles. The molecule has 3 rings (SSSR count). The predicted octanol–water partition coefficient (Wildman–Crippen LogP) is 3.42. The maximum atomic E-state index is 12.6. The van der Waals surface area contributed by atoms with Crippen molar-refractivity contribution in [1.29, 1.82) is 0 Å². The van der Waals surface area contributed by atoms with Gasteiger partial charge in [-0.2, -0.15) is 13.2 Å². The van der Waals surface area contributed by atoms with Gasteiger partial charge in [0.1, 0.15) is 12.4 Å². The van der Waals surface area contributed by atoms with Gasteiger partial charge in [-0.15, -0.1) is 0 Å². The van der Waals surface area contributed by atoms with Crippen LogP contribution in [0.15, 0.2) is 30.6 Å². The Morgan fingerprint density at radius 1 is 1.28 bits per heavy atom. The minimum absolute atomic E-state index is 0.0478. The molecular weight excluding hydrogens is 383 g/mol. The largest absolute Gasteiger partial charge is 0.406 e. The van der Waals surface area contributed by atoms with Crippen molar-refractivity contribution >= 4 is 17.3 Å². The molecule has 1 N–H and O–H groups in total. The highest BCUT2D eigenvalue weighted by Crippen LogP contribution is 2.25. The number of imidazole rings is 1. The van der Waals surface area contributed by atoms with E-state index in [0.29, 0.717) is 0 Å². The van der Waals surface area contributed by atoms with E-state index in [-0.39, 0.29) is 24.8 Å². The second kappa shape index (κ2) is 8.86. The molecule has 1 saturated heterocycles. The van der Waals surface area contributed by atoms with Crippen LogP contribution in [0.3, 0.4) is 0 Å². The normalized spacial score (nSPS) is 14.6. The van der Waals surface area contributed by atoms with E-state index in [0.717, 1.165) is 34.6 Å². The lowest BCUT2D eigenvalue weighted by Crippen LogP contribution is -2.31. The van der Waals surface area contributed by atoms with Gasteiger partial charge in [0, 0.05) is 36.9 Å². The Morgan fingerprint density at radius 2 is 2.00 bits per heavy atom. The van der Waals surface area contributed by atoms with Crippen molar-refractivity contribution in [3.63, 3.8) is 0 Å². The van der Waals surface area contributed by atoms with Crippen LogP contribution in [-0.2, 0) is 17.9 Å². The van der Waals surface area contributed by atoms with Crippen LogP contribution in [0.4, 0.5) is 24.5 Å².